The van der Waals surface area contributed by atoms with Gasteiger partial charge in [0, 0.05) is 27.2 Å². The van der Waals surface area contributed by atoms with Gasteiger partial charge in [-0.2, -0.15) is 5.10 Å². The van der Waals surface area contributed by atoms with Gasteiger partial charge in [-0.05, 0) is 13.8 Å². The van der Waals surface area contributed by atoms with Gasteiger partial charge in [0.2, 0.25) is 0 Å². The molecule has 7 heteroatoms. The van der Waals surface area contributed by atoms with Crippen LogP contribution >= 0.6 is 11.6 Å². The van der Waals surface area contributed by atoms with Crippen molar-refractivity contribution in [1.82, 2.24) is 15.2 Å². The monoisotopic (exact) mass is 276 g/mol. The number of nitrogens with one attached hydrogen (secondary N) is 1. The van der Waals surface area contributed by atoms with Gasteiger partial charge in [-0.15, -0.1) is 0 Å². The summed E-state index contributed by atoms with van der Waals surface area (Å²) >= 11 is 6.25. The molecular formula is C11H21ClN4O2. The fourth-order valence-corrected chi connectivity index (χ4v) is 2.14. The highest BCUT2D eigenvalue weighted by atomic mass is 35.5. The minimum atomic E-state index is -0.438. The Morgan fingerprint density at radius 3 is 2.50 bits per heavy atom. The van der Waals surface area contributed by atoms with Crippen LogP contribution in [0.25, 0.3) is 0 Å². The summed E-state index contributed by atoms with van der Waals surface area (Å²) in [6.45, 7) is 4.65. The van der Waals surface area contributed by atoms with Crippen LogP contribution in [0.4, 0.5) is 0 Å². The molecule has 1 unspecified atom stereocenters. The van der Waals surface area contributed by atoms with E-state index in [1.165, 1.54) is 0 Å². The number of aryl methyl sites for hydroxylation is 2. The van der Waals surface area contributed by atoms with E-state index in [0.717, 1.165) is 17.9 Å². The molecule has 0 fully saturated rings. The standard InChI is InChI=1S/C11H21ClN4O2/c1-5-16-9(10(12)7(2)15-16)6-8(14-13)11(17-3)18-4/h8,11,14H,5-6,13H2,1-4H3. The van der Waals surface area contributed by atoms with Crippen LogP contribution in [0.5, 0.6) is 0 Å². The lowest BCUT2D eigenvalue weighted by atomic mass is 10.1. The van der Waals surface area contributed by atoms with E-state index >= 15 is 0 Å². The highest BCUT2D eigenvalue weighted by Gasteiger charge is 2.24. The van der Waals surface area contributed by atoms with E-state index in [1.54, 1.807) is 14.2 Å². The highest BCUT2D eigenvalue weighted by molar-refractivity contribution is 6.31. The van der Waals surface area contributed by atoms with Crippen molar-refractivity contribution in [3.63, 3.8) is 0 Å². The zero-order chi connectivity index (χ0) is 13.7. The summed E-state index contributed by atoms with van der Waals surface area (Å²) < 4.78 is 12.3. The molecule has 0 saturated heterocycles. The number of rotatable bonds is 7. The summed E-state index contributed by atoms with van der Waals surface area (Å²) in [4.78, 5) is 0. The third-order valence-corrected chi connectivity index (χ3v) is 3.36. The van der Waals surface area contributed by atoms with Crippen molar-refractivity contribution in [1.29, 1.82) is 0 Å². The van der Waals surface area contributed by atoms with Crippen LogP contribution in [0.3, 0.4) is 0 Å². The number of halogens is 1. The Morgan fingerprint density at radius 1 is 1.44 bits per heavy atom. The summed E-state index contributed by atoms with van der Waals surface area (Å²) in [6, 6.07) is -0.195. The molecule has 3 N–H and O–H groups in total. The Balaban J connectivity index is 2.93. The summed E-state index contributed by atoms with van der Waals surface area (Å²) in [7, 11) is 3.14. The van der Waals surface area contributed by atoms with E-state index in [2.05, 4.69) is 10.5 Å². The minimum Gasteiger partial charge on any atom is -0.354 e. The molecule has 0 aliphatic heterocycles. The third kappa shape index (κ3) is 3.21. The van der Waals surface area contributed by atoms with Gasteiger partial charge < -0.3 is 9.47 Å². The third-order valence-electron chi connectivity index (χ3n) is 2.87. The number of ether oxygens (including phenoxy) is 2. The molecule has 104 valence electrons. The van der Waals surface area contributed by atoms with Crippen molar-refractivity contribution >= 4 is 11.6 Å². The lowest BCUT2D eigenvalue weighted by Crippen LogP contribution is -2.47. The molecule has 1 aromatic heterocycles. The van der Waals surface area contributed by atoms with Crippen molar-refractivity contribution in [2.45, 2.75) is 39.1 Å². The largest absolute Gasteiger partial charge is 0.354 e. The van der Waals surface area contributed by atoms with E-state index in [4.69, 9.17) is 26.9 Å². The van der Waals surface area contributed by atoms with Crippen LogP contribution in [0.15, 0.2) is 0 Å². The maximum atomic E-state index is 6.25. The Hall–Kier alpha value is -0.660. The molecule has 0 radical (unpaired) electrons. The molecule has 1 rings (SSSR count). The van der Waals surface area contributed by atoms with Gasteiger partial charge in [0.15, 0.2) is 6.29 Å². The molecule has 0 saturated carbocycles. The van der Waals surface area contributed by atoms with Crippen molar-refractivity contribution in [2.24, 2.45) is 5.84 Å². The summed E-state index contributed by atoms with van der Waals surface area (Å²) in [5.41, 5.74) is 4.44. The fourth-order valence-electron chi connectivity index (χ4n) is 1.93. The average molecular weight is 277 g/mol. The van der Waals surface area contributed by atoms with Gasteiger partial charge in [-0.25, -0.2) is 0 Å². The first-order valence-electron chi connectivity index (χ1n) is 5.82. The van der Waals surface area contributed by atoms with Crippen LogP contribution in [-0.4, -0.2) is 36.3 Å². The van der Waals surface area contributed by atoms with E-state index in [0.29, 0.717) is 11.4 Å². The van der Waals surface area contributed by atoms with Crippen LogP contribution in [-0.2, 0) is 22.4 Å². The lowest BCUT2D eigenvalue weighted by Gasteiger charge is -2.24. The summed E-state index contributed by atoms with van der Waals surface area (Å²) in [5.74, 6) is 5.54. The molecular weight excluding hydrogens is 256 g/mol. The number of nitrogens with two attached hydrogens (primary N) is 1. The smallest absolute Gasteiger partial charge is 0.173 e. The quantitative estimate of drug-likeness (QED) is 0.439. The maximum absolute atomic E-state index is 6.25. The van der Waals surface area contributed by atoms with Crippen LogP contribution in [0, 0.1) is 6.92 Å². The number of methoxy groups -OCH3 is 2. The molecule has 6 nitrogen and oxygen atoms in total. The first-order chi connectivity index (χ1) is 8.58. The first kappa shape index (κ1) is 15.4. The molecule has 0 spiro atoms. The topological polar surface area (TPSA) is 74.3 Å². The zero-order valence-electron chi connectivity index (χ0n) is 11.2. The van der Waals surface area contributed by atoms with E-state index in [-0.39, 0.29) is 6.04 Å². The van der Waals surface area contributed by atoms with Gasteiger partial charge in [0.25, 0.3) is 0 Å². The number of aromatic nitrogens is 2. The second kappa shape index (κ2) is 7.06. The van der Waals surface area contributed by atoms with E-state index < -0.39 is 6.29 Å². The van der Waals surface area contributed by atoms with E-state index in [9.17, 15) is 0 Å². The van der Waals surface area contributed by atoms with Gasteiger partial charge in [-0.3, -0.25) is 16.0 Å². The predicted molar refractivity (Wildman–Crippen MR) is 70.3 cm³/mol. The highest BCUT2D eigenvalue weighted by Crippen LogP contribution is 2.22. The Bertz CT molecular complexity index is 379. The van der Waals surface area contributed by atoms with Crippen molar-refractivity contribution in [3.05, 3.63) is 16.4 Å². The van der Waals surface area contributed by atoms with Crippen molar-refractivity contribution in [3.8, 4) is 0 Å². The Morgan fingerprint density at radius 2 is 2.06 bits per heavy atom. The molecule has 0 bridgehead atoms. The number of nitrogens with zero attached hydrogens (tertiary/aromatic N) is 2. The van der Waals surface area contributed by atoms with Crippen molar-refractivity contribution in [2.75, 3.05) is 14.2 Å². The Kier molecular flexibility index (Phi) is 6.04. The molecule has 1 atom stereocenters. The van der Waals surface area contributed by atoms with Crippen molar-refractivity contribution < 1.29 is 9.47 Å². The second-order valence-electron chi connectivity index (χ2n) is 3.98. The predicted octanol–water partition coefficient (Wildman–Crippen LogP) is 0.858. The van der Waals surface area contributed by atoms with Crippen LogP contribution in [0.2, 0.25) is 5.02 Å². The average Bonchev–Trinajstić information content (AvgIpc) is 2.66. The van der Waals surface area contributed by atoms with E-state index in [1.807, 2.05) is 18.5 Å². The van der Waals surface area contributed by atoms with Crippen LogP contribution in [0.1, 0.15) is 18.3 Å². The molecule has 0 aromatic carbocycles. The fraction of sp³-hybridized carbons (Fsp3) is 0.727. The molecule has 18 heavy (non-hydrogen) atoms. The molecule has 0 aliphatic rings. The summed E-state index contributed by atoms with van der Waals surface area (Å²) in [5, 5.41) is 5.03. The second-order valence-corrected chi connectivity index (χ2v) is 4.36. The molecule has 0 aliphatic carbocycles. The normalized spacial score (nSPS) is 13.3. The molecule has 1 heterocycles. The van der Waals surface area contributed by atoms with Gasteiger partial charge in [-0.1, -0.05) is 11.6 Å². The molecule has 0 amide bonds. The van der Waals surface area contributed by atoms with Gasteiger partial charge in [0.05, 0.1) is 22.5 Å². The maximum Gasteiger partial charge on any atom is 0.173 e. The minimum absolute atomic E-state index is 0.195. The van der Waals surface area contributed by atoms with Gasteiger partial charge in [0.1, 0.15) is 0 Å². The first-order valence-corrected chi connectivity index (χ1v) is 6.20. The van der Waals surface area contributed by atoms with Crippen LogP contribution < -0.4 is 11.3 Å². The number of hydrogen-bond donors (Lipinski definition) is 2. The summed E-state index contributed by atoms with van der Waals surface area (Å²) in [6.07, 6.45) is 0.141. The SMILES string of the molecule is CCn1nc(C)c(Cl)c1CC(NN)C(OC)OC. The van der Waals surface area contributed by atoms with Gasteiger partial charge >= 0.3 is 0 Å². The number of hydrogen-bond acceptors (Lipinski definition) is 5. The number of hydrazine groups is 1. The molecule has 1 aromatic rings. The zero-order valence-corrected chi connectivity index (χ0v) is 12.0. The lowest BCUT2D eigenvalue weighted by molar-refractivity contribution is -0.122. The Labute approximate surface area is 112 Å².